The molecule has 0 saturated heterocycles. The second kappa shape index (κ2) is 5.89. The molecule has 2 aromatic rings. The molecule has 0 saturated carbocycles. The summed E-state index contributed by atoms with van der Waals surface area (Å²) in [7, 11) is 0. The van der Waals surface area contributed by atoms with Gasteiger partial charge in [0.05, 0.1) is 0 Å². The molecule has 2 rings (SSSR count). The van der Waals surface area contributed by atoms with Gasteiger partial charge in [0.2, 0.25) is 0 Å². The van der Waals surface area contributed by atoms with Crippen molar-refractivity contribution in [2.45, 2.75) is 17.6 Å². The topological polar surface area (TPSA) is 49.9 Å². The van der Waals surface area contributed by atoms with Crippen LogP contribution < -0.4 is 5.73 Å². The number of nitrogens with two attached hydrogens (primary N) is 1. The van der Waals surface area contributed by atoms with Crippen LogP contribution >= 0.6 is 11.8 Å². The number of nitrogens with one attached hydrogen (secondary N) is 1. The number of hydrogen-bond acceptors (Lipinski definition) is 2. The molecule has 0 aliphatic carbocycles. The molecule has 3 N–H and O–H groups in total. The predicted octanol–water partition coefficient (Wildman–Crippen LogP) is 3.71. The van der Waals surface area contributed by atoms with Gasteiger partial charge in [-0.05, 0) is 42.8 Å². The molecule has 0 unspecified atom stereocenters. The van der Waals surface area contributed by atoms with Crippen LogP contribution in [0, 0.1) is 18.2 Å². The van der Waals surface area contributed by atoms with Crippen LogP contribution in [0.3, 0.4) is 0 Å². The summed E-state index contributed by atoms with van der Waals surface area (Å²) in [4.78, 5) is 1.15. The van der Waals surface area contributed by atoms with Crippen molar-refractivity contribution in [3.05, 3.63) is 65.0 Å². The molecule has 98 valence electrons. The van der Waals surface area contributed by atoms with Gasteiger partial charge in [-0.1, -0.05) is 17.7 Å². The van der Waals surface area contributed by atoms with Crippen LogP contribution in [-0.2, 0) is 5.75 Å². The maximum absolute atomic E-state index is 13.4. The first-order chi connectivity index (χ1) is 9.04. The lowest BCUT2D eigenvalue weighted by atomic mass is 10.1. The molecule has 0 aromatic heterocycles. The van der Waals surface area contributed by atoms with Crippen molar-refractivity contribution < 1.29 is 4.39 Å². The fourth-order valence-corrected chi connectivity index (χ4v) is 2.71. The van der Waals surface area contributed by atoms with Gasteiger partial charge < -0.3 is 5.73 Å². The summed E-state index contributed by atoms with van der Waals surface area (Å²) in [6.07, 6.45) is 0. The highest BCUT2D eigenvalue weighted by molar-refractivity contribution is 7.98. The number of halogens is 1. The van der Waals surface area contributed by atoms with Crippen molar-refractivity contribution in [1.29, 1.82) is 5.41 Å². The molecule has 0 heterocycles. The van der Waals surface area contributed by atoms with E-state index in [0.717, 1.165) is 10.5 Å². The molecule has 0 radical (unpaired) electrons. The molecule has 0 fully saturated rings. The molecule has 0 atom stereocenters. The third-order valence-corrected chi connectivity index (χ3v) is 3.73. The summed E-state index contributed by atoms with van der Waals surface area (Å²) in [5.74, 6) is 0.190. The van der Waals surface area contributed by atoms with Gasteiger partial charge in [-0.15, -0.1) is 11.8 Å². The summed E-state index contributed by atoms with van der Waals surface area (Å²) >= 11 is 1.64. The van der Waals surface area contributed by atoms with Crippen LogP contribution in [0.1, 0.15) is 16.7 Å². The summed E-state index contributed by atoms with van der Waals surface area (Å²) in [5, 5.41) is 7.36. The van der Waals surface area contributed by atoms with Crippen LogP contribution in [-0.4, -0.2) is 5.84 Å². The van der Waals surface area contributed by atoms with Crippen molar-refractivity contribution in [2.24, 2.45) is 5.73 Å². The van der Waals surface area contributed by atoms with Gasteiger partial charge in [0.1, 0.15) is 11.7 Å². The Labute approximate surface area is 116 Å². The Morgan fingerprint density at radius 2 is 2.05 bits per heavy atom. The van der Waals surface area contributed by atoms with E-state index in [1.807, 2.05) is 25.1 Å². The van der Waals surface area contributed by atoms with Crippen molar-refractivity contribution in [1.82, 2.24) is 0 Å². The van der Waals surface area contributed by atoms with E-state index in [1.54, 1.807) is 17.8 Å². The Kier molecular flexibility index (Phi) is 4.22. The molecule has 0 aliphatic heterocycles. The number of rotatable bonds is 4. The third-order valence-electron chi connectivity index (χ3n) is 2.66. The SMILES string of the molecule is Cc1cccc(SCc2cc(F)cc(C(=N)N)c2)c1. The molecular weight excluding hydrogens is 259 g/mol. The standard InChI is InChI=1S/C15H15FN2S/c1-10-3-2-4-14(5-10)19-9-11-6-12(15(17)18)8-13(16)7-11/h2-8H,9H2,1H3,(H3,17,18). The molecule has 0 bridgehead atoms. The van der Waals surface area contributed by atoms with Gasteiger partial charge in [-0.25, -0.2) is 4.39 Å². The van der Waals surface area contributed by atoms with Crippen molar-refractivity contribution in [3.8, 4) is 0 Å². The van der Waals surface area contributed by atoms with E-state index in [9.17, 15) is 4.39 Å². The van der Waals surface area contributed by atoms with Crippen molar-refractivity contribution >= 4 is 17.6 Å². The lowest BCUT2D eigenvalue weighted by Crippen LogP contribution is -2.11. The van der Waals surface area contributed by atoms with E-state index in [1.165, 1.54) is 17.7 Å². The Bertz CT molecular complexity index is 611. The Morgan fingerprint density at radius 3 is 2.74 bits per heavy atom. The second-order valence-corrected chi connectivity index (χ2v) is 5.42. The smallest absolute Gasteiger partial charge is 0.124 e. The van der Waals surface area contributed by atoms with E-state index in [-0.39, 0.29) is 11.7 Å². The molecule has 4 heteroatoms. The number of benzene rings is 2. The van der Waals surface area contributed by atoms with Gasteiger partial charge in [0.15, 0.2) is 0 Å². The number of amidine groups is 1. The highest BCUT2D eigenvalue weighted by atomic mass is 32.2. The van der Waals surface area contributed by atoms with Crippen LogP contribution in [0.2, 0.25) is 0 Å². The zero-order chi connectivity index (χ0) is 13.8. The van der Waals surface area contributed by atoms with E-state index in [0.29, 0.717) is 11.3 Å². The van der Waals surface area contributed by atoms with Gasteiger partial charge in [-0.2, -0.15) is 0 Å². The van der Waals surface area contributed by atoms with Gasteiger partial charge in [-0.3, -0.25) is 5.41 Å². The normalized spacial score (nSPS) is 10.4. The van der Waals surface area contributed by atoms with Crippen molar-refractivity contribution in [2.75, 3.05) is 0 Å². The molecule has 2 nitrogen and oxygen atoms in total. The minimum atomic E-state index is -0.354. The fraction of sp³-hybridized carbons (Fsp3) is 0.133. The predicted molar refractivity (Wildman–Crippen MR) is 78.2 cm³/mol. The third kappa shape index (κ3) is 3.83. The van der Waals surface area contributed by atoms with E-state index >= 15 is 0 Å². The highest BCUT2D eigenvalue weighted by Crippen LogP contribution is 2.24. The molecule has 19 heavy (non-hydrogen) atoms. The van der Waals surface area contributed by atoms with Crippen molar-refractivity contribution in [3.63, 3.8) is 0 Å². The summed E-state index contributed by atoms with van der Waals surface area (Å²) in [6, 6.07) is 12.7. The quantitative estimate of drug-likeness (QED) is 0.507. The van der Waals surface area contributed by atoms with Gasteiger partial charge in [0.25, 0.3) is 0 Å². The molecule has 0 amide bonds. The zero-order valence-electron chi connectivity index (χ0n) is 10.6. The van der Waals surface area contributed by atoms with Crippen LogP contribution in [0.4, 0.5) is 4.39 Å². The Balaban J connectivity index is 2.13. The maximum Gasteiger partial charge on any atom is 0.124 e. The van der Waals surface area contributed by atoms with E-state index in [4.69, 9.17) is 11.1 Å². The van der Waals surface area contributed by atoms with Crippen LogP contribution in [0.5, 0.6) is 0 Å². The highest BCUT2D eigenvalue weighted by Gasteiger charge is 2.04. The first-order valence-corrected chi connectivity index (χ1v) is 6.86. The largest absolute Gasteiger partial charge is 0.384 e. The second-order valence-electron chi connectivity index (χ2n) is 4.37. The van der Waals surface area contributed by atoms with Gasteiger partial charge in [0, 0.05) is 16.2 Å². The number of thioether (sulfide) groups is 1. The average molecular weight is 274 g/mol. The van der Waals surface area contributed by atoms with Crippen LogP contribution in [0.15, 0.2) is 47.4 Å². The molecule has 2 aromatic carbocycles. The van der Waals surface area contributed by atoms with Gasteiger partial charge >= 0.3 is 0 Å². The number of nitrogen functional groups attached to an aromatic ring is 1. The maximum atomic E-state index is 13.4. The average Bonchev–Trinajstić information content (AvgIpc) is 2.36. The monoisotopic (exact) mass is 274 g/mol. The molecular formula is C15H15FN2S. The molecule has 0 spiro atoms. The first kappa shape index (κ1) is 13.6. The first-order valence-electron chi connectivity index (χ1n) is 5.88. The van der Waals surface area contributed by atoms with E-state index < -0.39 is 0 Å². The molecule has 0 aliphatic rings. The Hall–Kier alpha value is -1.81. The summed E-state index contributed by atoms with van der Waals surface area (Å²) < 4.78 is 13.4. The summed E-state index contributed by atoms with van der Waals surface area (Å²) in [6.45, 7) is 2.04. The zero-order valence-corrected chi connectivity index (χ0v) is 11.4. The lowest BCUT2D eigenvalue weighted by Gasteiger charge is -2.06. The van der Waals surface area contributed by atoms with Crippen LogP contribution in [0.25, 0.3) is 0 Å². The minimum absolute atomic E-state index is 0.110. The fourth-order valence-electron chi connectivity index (χ4n) is 1.76. The number of hydrogen-bond donors (Lipinski definition) is 2. The Morgan fingerprint density at radius 1 is 1.26 bits per heavy atom. The number of aryl methyl sites for hydroxylation is 1. The van der Waals surface area contributed by atoms with E-state index in [2.05, 4.69) is 6.07 Å². The lowest BCUT2D eigenvalue weighted by molar-refractivity contribution is 0.626. The minimum Gasteiger partial charge on any atom is -0.384 e. The summed E-state index contributed by atoms with van der Waals surface area (Å²) in [5.41, 5.74) is 7.85.